The van der Waals surface area contributed by atoms with Crippen LogP contribution in [-0.2, 0) is 11.3 Å². The minimum Gasteiger partial charge on any atom is -0.484 e. The van der Waals surface area contributed by atoms with E-state index in [1.54, 1.807) is 0 Å². The summed E-state index contributed by atoms with van der Waals surface area (Å²) in [5, 5.41) is 3.37. The second-order valence-corrected chi connectivity index (χ2v) is 6.91. The summed E-state index contributed by atoms with van der Waals surface area (Å²) in [6, 6.07) is 7.60. The molecule has 3 N–H and O–H groups in total. The Morgan fingerprint density at radius 2 is 2.20 bits per heavy atom. The number of guanidine groups is 1. The van der Waals surface area contributed by atoms with Crippen LogP contribution in [0.25, 0.3) is 0 Å². The van der Waals surface area contributed by atoms with Gasteiger partial charge in [0.25, 0.3) is 5.91 Å². The molecule has 1 aromatic carbocycles. The molecule has 0 atom stereocenters. The molecular formula is C18H29IN4O2. The molecule has 0 spiro atoms. The van der Waals surface area contributed by atoms with Crippen LogP contribution in [0.1, 0.15) is 32.8 Å². The van der Waals surface area contributed by atoms with Crippen LogP contribution < -0.4 is 15.8 Å². The summed E-state index contributed by atoms with van der Waals surface area (Å²) in [5.74, 6) is 1.10. The van der Waals surface area contributed by atoms with E-state index in [1.165, 1.54) is 6.42 Å². The smallest absolute Gasteiger partial charge is 0.255 e. The highest BCUT2D eigenvalue weighted by Gasteiger charge is 2.30. The number of amides is 1. The van der Waals surface area contributed by atoms with Gasteiger partial charge in [-0.3, -0.25) is 4.79 Å². The Kier molecular flexibility index (Phi) is 8.47. The van der Waals surface area contributed by atoms with E-state index in [0.717, 1.165) is 31.2 Å². The van der Waals surface area contributed by atoms with Gasteiger partial charge in [0.1, 0.15) is 5.75 Å². The lowest BCUT2D eigenvalue weighted by atomic mass is 9.93. The minimum atomic E-state index is -0.482. The lowest BCUT2D eigenvalue weighted by Gasteiger charge is -2.23. The monoisotopic (exact) mass is 460 g/mol. The summed E-state index contributed by atoms with van der Waals surface area (Å²) in [5.41, 5.74) is 6.47. The van der Waals surface area contributed by atoms with Crippen LogP contribution in [0, 0.1) is 5.41 Å². The standard InChI is InChI=1S/C18H28N4O2.HI/c1-4-20-17(22-9-8-18(2,3)13-22)21-11-14-6-5-7-15(10-14)24-12-16(19)23;/h5-7,10H,4,8-9,11-13H2,1-3H3,(H2,19,23)(H,20,21);1H. The Morgan fingerprint density at radius 1 is 1.44 bits per heavy atom. The molecule has 6 nitrogen and oxygen atoms in total. The Bertz CT molecular complexity index is 604. The molecular weight excluding hydrogens is 431 g/mol. The number of nitrogens with two attached hydrogens (primary N) is 1. The van der Waals surface area contributed by atoms with Crippen LogP contribution in [0.15, 0.2) is 29.3 Å². The van der Waals surface area contributed by atoms with Crippen molar-refractivity contribution in [2.45, 2.75) is 33.7 Å². The van der Waals surface area contributed by atoms with Crippen molar-refractivity contribution in [3.8, 4) is 5.75 Å². The molecule has 0 aliphatic carbocycles. The van der Waals surface area contributed by atoms with E-state index in [0.29, 0.717) is 17.7 Å². The van der Waals surface area contributed by atoms with Crippen LogP contribution in [0.4, 0.5) is 0 Å². The molecule has 1 fully saturated rings. The van der Waals surface area contributed by atoms with E-state index in [9.17, 15) is 4.79 Å². The second-order valence-electron chi connectivity index (χ2n) is 6.91. The maximum atomic E-state index is 10.8. The quantitative estimate of drug-likeness (QED) is 0.388. The molecule has 1 aromatic rings. The number of nitrogens with zero attached hydrogens (tertiary/aromatic N) is 2. The number of halogens is 1. The SMILES string of the molecule is CCNC(=NCc1cccc(OCC(N)=O)c1)N1CCC(C)(C)C1.I. The highest BCUT2D eigenvalue weighted by Crippen LogP contribution is 2.28. The van der Waals surface area contributed by atoms with Gasteiger partial charge in [-0.2, -0.15) is 0 Å². The molecule has 25 heavy (non-hydrogen) atoms. The number of hydrogen-bond acceptors (Lipinski definition) is 3. The number of ether oxygens (including phenoxy) is 1. The number of benzene rings is 1. The number of rotatable bonds is 6. The summed E-state index contributed by atoms with van der Waals surface area (Å²) >= 11 is 0. The van der Waals surface area contributed by atoms with E-state index < -0.39 is 5.91 Å². The first-order valence-electron chi connectivity index (χ1n) is 8.43. The predicted molar refractivity (Wildman–Crippen MR) is 111 cm³/mol. The number of carbonyl (C=O) groups is 1. The fraction of sp³-hybridized carbons (Fsp3) is 0.556. The van der Waals surface area contributed by atoms with Crippen LogP contribution in [0.5, 0.6) is 5.75 Å². The first-order valence-corrected chi connectivity index (χ1v) is 8.43. The molecule has 140 valence electrons. The summed E-state index contributed by atoms with van der Waals surface area (Å²) < 4.78 is 5.34. The fourth-order valence-electron chi connectivity index (χ4n) is 2.77. The third-order valence-electron chi connectivity index (χ3n) is 4.00. The second kappa shape index (κ2) is 9.84. The van der Waals surface area contributed by atoms with Gasteiger partial charge in [0.15, 0.2) is 12.6 Å². The molecule has 0 unspecified atom stereocenters. The summed E-state index contributed by atoms with van der Waals surface area (Å²) in [6.07, 6.45) is 1.17. The zero-order chi connectivity index (χ0) is 17.6. The molecule has 0 saturated carbocycles. The van der Waals surface area contributed by atoms with Crippen LogP contribution >= 0.6 is 24.0 Å². The normalized spacial score (nSPS) is 16.3. The molecule has 1 amide bonds. The lowest BCUT2D eigenvalue weighted by Crippen LogP contribution is -2.40. The molecule has 0 bridgehead atoms. The first kappa shape index (κ1) is 21.5. The number of carbonyl (C=O) groups excluding carboxylic acids is 1. The molecule has 0 aromatic heterocycles. The molecule has 0 radical (unpaired) electrons. The molecule has 7 heteroatoms. The van der Waals surface area contributed by atoms with E-state index in [1.807, 2.05) is 24.3 Å². The number of hydrogen-bond donors (Lipinski definition) is 2. The van der Waals surface area contributed by atoms with Gasteiger partial charge in [-0.1, -0.05) is 26.0 Å². The van der Waals surface area contributed by atoms with Crippen molar-refractivity contribution < 1.29 is 9.53 Å². The van der Waals surface area contributed by atoms with Gasteiger partial charge in [0.2, 0.25) is 0 Å². The zero-order valence-corrected chi connectivity index (χ0v) is 17.6. The Balaban J connectivity index is 0.00000312. The predicted octanol–water partition coefficient (Wildman–Crippen LogP) is 2.37. The molecule has 1 aliphatic rings. The van der Waals surface area contributed by atoms with Gasteiger partial charge in [-0.25, -0.2) is 4.99 Å². The van der Waals surface area contributed by atoms with Crippen molar-refractivity contribution >= 4 is 35.8 Å². The van der Waals surface area contributed by atoms with Crippen molar-refractivity contribution in [3.63, 3.8) is 0 Å². The van der Waals surface area contributed by atoms with Gasteiger partial charge in [-0.05, 0) is 36.5 Å². The van der Waals surface area contributed by atoms with Crippen molar-refractivity contribution in [1.82, 2.24) is 10.2 Å². The van der Waals surface area contributed by atoms with Gasteiger partial charge >= 0.3 is 0 Å². The highest BCUT2D eigenvalue weighted by molar-refractivity contribution is 14.0. The molecule has 1 saturated heterocycles. The van der Waals surface area contributed by atoms with Crippen LogP contribution in [0.3, 0.4) is 0 Å². The number of nitrogens with one attached hydrogen (secondary N) is 1. The average molecular weight is 460 g/mol. The van der Waals surface area contributed by atoms with Gasteiger partial charge in [0, 0.05) is 19.6 Å². The van der Waals surface area contributed by atoms with Crippen LogP contribution in [-0.4, -0.2) is 43.0 Å². The maximum absolute atomic E-state index is 10.8. The zero-order valence-electron chi connectivity index (χ0n) is 15.2. The van der Waals surface area contributed by atoms with Crippen molar-refractivity contribution in [1.29, 1.82) is 0 Å². The van der Waals surface area contributed by atoms with E-state index in [-0.39, 0.29) is 30.6 Å². The largest absolute Gasteiger partial charge is 0.484 e. The third-order valence-corrected chi connectivity index (χ3v) is 4.00. The van der Waals surface area contributed by atoms with Gasteiger partial charge < -0.3 is 20.7 Å². The third kappa shape index (κ3) is 7.09. The molecule has 1 heterocycles. The Morgan fingerprint density at radius 3 is 2.80 bits per heavy atom. The first-order chi connectivity index (χ1) is 11.4. The van der Waals surface area contributed by atoms with Crippen LogP contribution in [0.2, 0.25) is 0 Å². The summed E-state index contributed by atoms with van der Waals surface area (Å²) in [6.45, 7) is 9.99. The van der Waals surface area contributed by atoms with E-state index >= 15 is 0 Å². The average Bonchev–Trinajstić information content (AvgIpc) is 2.90. The van der Waals surface area contributed by atoms with Crippen molar-refractivity contribution in [3.05, 3.63) is 29.8 Å². The van der Waals surface area contributed by atoms with Gasteiger partial charge in [-0.15, -0.1) is 24.0 Å². The Labute approximate surface area is 167 Å². The Hall–Kier alpha value is -1.51. The number of likely N-dealkylation sites (tertiary alicyclic amines) is 1. The minimum absolute atomic E-state index is 0. The number of primary amides is 1. The van der Waals surface area contributed by atoms with E-state index in [2.05, 4.69) is 31.0 Å². The lowest BCUT2D eigenvalue weighted by molar-refractivity contribution is -0.119. The molecule has 2 rings (SSSR count). The highest BCUT2D eigenvalue weighted by atomic mass is 127. The number of aliphatic imine (C=N–C) groups is 1. The van der Waals surface area contributed by atoms with Gasteiger partial charge in [0.05, 0.1) is 6.54 Å². The molecule has 1 aliphatic heterocycles. The fourth-order valence-corrected chi connectivity index (χ4v) is 2.77. The van der Waals surface area contributed by atoms with Crippen molar-refractivity contribution in [2.24, 2.45) is 16.1 Å². The topological polar surface area (TPSA) is 80.0 Å². The van der Waals surface area contributed by atoms with E-state index in [4.69, 9.17) is 15.5 Å². The maximum Gasteiger partial charge on any atom is 0.255 e. The summed E-state index contributed by atoms with van der Waals surface area (Å²) in [4.78, 5) is 17.9. The van der Waals surface area contributed by atoms with Crippen molar-refractivity contribution in [2.75, 3.05) is 26.2 Å². The summed E-state index contributed by atoms with van der Waals surface area (Å²) in [7, 11) is 0.